The molecule has 0 amide bonds. The lowest BCUT2D eigenvalue weighted by Crippen LogP contribution is -2.23. The fourth-order valence-corrected chi connectivity index (χ4v) is 1.73. The molecule has 1 aromatic rings. The van der Waals surface area contributed by atoms with Crippen LogP contribution in [0.15, 0.2) is 24.3 Å². The summed E-state index contributed by atoms with van der Waals surface area (Å²) in [7, 11) is 4.17. The zero-order valence-corrected chi connectivity index (χ0v) is 13.2. The van der Waals surface area contributed by atoms with Crippen molar-refractivity contribution in [2.75, 3.05) is 13.2 Å². The van der Waals surface area contributed by atoms with Crippen molar-refractivity contribution in [2.24, 2.45) is 0 Å². The van der Waals surface area contributed by atoms with Gasteiger partial charge in [-0.25, -0.2) is 4.79 Å². The summed E-state index contributed by atoms with van der Waals surface area (Å²) >= 11 is 0. The van der Waals surface area contributed by atoms with E-state index in [0.717, 1.165) is 0 Å². The maximum Gasteiger partial charge on any atom is 0.342 e. The molecule has 1 aromatic carbocycles. The first kappa shape index (κ1) is 17.0. The van der Waals surface area contributed by atoms with Crippen LogP contribution in [-0.4, -0.2) is 31.3 Å². The molecule has 20 heavy (non-hydrogen) atoms. The van der Waals surface area contributed by atoms with Crippen LogP contribution >= 0.6 is 18.9 Å². The minimum absolute atomic E-state index is 0.0190. The van der Waals surface area contributed by atoms with Crippen LogP contribution in [0, 0.1) is 0 Å². The van der Waals surface area contributed by atoms with E-state index in [1.807, 2.05) is 0 Å². The summed E-state index contributed by atoms with van der Waals surface area (Å²) in [4.78, 5) is 22.9. The molecule has 3 atom stereocenters. The molecule has 0 N–H and O–H groups in total. The van der Waals surface area contributed by atoms with Gasteiger partial charge in [0.05, 0.1) is 6.61 Å². The van der Waals surface area contributed by atoms with Crippen LogP contribution in [0.5, 0.6) is 5.75 Å². The van der Waals surface area contributed by atoms with Crippen molar-refractivity contribution in [1.29, 1.82) is 0 Å². The summed E-state index contributed by atoms with van der Waals surface area (Å²) in [5, 5.41) is 0. The molecule has 0 fully saturated rings. The Morgan fingerprint density at radius 3 is 2.50 bits per heavy atom. The van der Waals surface area contributed by atoms with Gasteiger partial charge in [0.15, 0.2) is 0 Å². The molecule has 0 radical (unpaired) electrons. The normalized spacial score (nSPS) is 11.8. The molecular formula is C12H16O6P2. The topological polar surface area (TPSA) is 71.1 Å². The molecule has 0 spiro atoms. The first-order valence-corrected chi connectivity index (χ1v) is 6.64. The summed E-state index contributed by atoms with van der Waals surface area (Å²) in [6.45, 7) is 1.54. The highest BCUT2D eigenvalue weighted by Gasteiger charge is 2.17. The minimum Gasteiger partial charge on any atom is -0.459 e. The molecule has 8 heteroatoms. The lowest BCUT2D eigenvalue weighted by atomic mass is 10.2. The smallest absolute Gasteiger partial charge is 0.342 e. The van der Waals surface area contributed by atoms with Crippen LogP contribution in [0.3, 0.4) is 0 Å². The average molecular weight is 318 g/mol. The van der Waals surface area contributed by atoms with Crippen molar-refractivity contribution in [3.05, 3.63) is 29.8 Å². The number of hydrogen-bond donors (Lipinski definition) is 0. The molecule has 0 saturated carbocycles. The van der Waals surface area contributed by atoms with Gasteiger partial charge in [0.1, 0.15) is 24.0 Å². The molecule has 0 aliphatic carbocycles. The number of carbonyl (C=O) groups excluding carboxylic acids is 2. The molecule has 0 aliphatic heterocycles. The maximum atomic E-state index is 11.9. The highest BCUT2D eigenvalue weighted by molar-refractivity contribution is 7.10. The van der Waals surface area contributed by atoms with Crippen LogP contribution in [0.25, 0.3) is 0 Å². The van der Waals surface area contributed by atoms with Gasteiger partial charge >= 0.3 is 11.9 Å². The van der Waals surface area contributed by atoms with Crippen molar-refractivity contribution in [1.82, 2.24) is 0 Å². The third kappa shape index (κ3) is 5.51. The third-order valence-electron chi connectivity index (χ3n) is 2.24. The fourth-order valence-electron chi connectivity index (χ4n) is 1.36. The predicted molar refractivity (Wildman–Crippen MR) is 78.3 cm³/mol. The van der Waals surface area contributed by atoms with Gasteiger partial charge in [0.25, 0.3) is 0 Å². The molecule has 1 rings (SSSR count). The van der Waals surface area contributed by atoms with Gasteiger partial charge in [0, 0.05) is 25.9 Å². The van der Waals surface area contributed by atoms with E-state index >= 15 is 0 Å². The standard InChI is InChI=1S/C12H16O6P2/c1-8(13)17-11-5-3-2-4-10(11)12(14)15-6-9(18-20)7-16-19/h2-5,9H,6-7,19-20H2,1H3. The van der Waals surface area contributed by atoms with Gasteiger partial charge in [-0.2, -0.15) is 0 Å². The summed E-state index contributed by atoms with van der Waals surface area (Å²) in [6, 6.07) is 6.35. The lowest BCUT2D eigenvalue weighted by molar-refractivity contribution is -0.131. The van der Waals surface area contributed by atoms with Crippen molar-refractivity contribution in [3.63, 3.8) is 0 Å². The van der Waals surface area contributed by atoms with Gasteiger partial charge in [0.2, 0.25) is 0 Å². The van der Waals surface area contributed by atoms with Crippen LogP contribution in [0.1, 0.15) is 17.3 Å². The molecule has 0 bridgehead atoms. The Labute approximate surface area is 121 Å². The fraction of sp³-hybridized carbons (Fsp3) is 0.333. The first-order chi connectivity index (χ1) is 9.58. The van der Waals surface area contributed by atoms with E-state index in [-0.39, 0.29) is 24.5 Å². The Kier molecular flexibility index (Phi) is 7.63. The summed E-state index contributed by atoms with van der Waals surface area (Å²) in [5.41, 5.74) is 0.178. The van der Waals surface area contributed by atoms with Crippen LogP contribution in [-0.2, 0) is 18.6 Å². The molecule has 110 valence electrons. The van der Waals surface area contributed by atoms with E-state index in [2.05, 4.69) is 18.9 Å². The predicted octanol–water partition coefficient (Wildman–Crippen LogP) is 1.75. The lowest BCUT2D eigenvalue weighted by Gasteiger charge is -2.14. The second-order valence-electron chi connectivity index (χ2n) is 3.78. The highest BCUT2D eigenvalue weighted by atomic mass is 31.0. The second kappa shape index (κ2) is 8.98. The van der Waals surface area contributed by atoms with Crippen molar-refractivity contribution in [3.8, 4) is 5.75 Å². The second-order valence-corrected chi connectivity index (χ2v) is 4.39. The van der Waals surface area contributed by atoms with Crippen LogP contribution < -0.4 is 4.74 Å². The van der Waals surface area contributed by atoms with E-state index in [4.69, 9.17) is 18.5 Å². The van der Waals surface area contributed by atoms with Crippen molar-refractivity contribution >= 4 is 30.9 Å². The van der Waals surface area contributed by atoms with Crippen LogP contribution in [0.2, 0.25) is 0 Å². The number of hydrogen-bond acceptors (Lipinski definition) is 6. The Bertz CT molecular complexity index is 465. The summed E-state index contributed by atoms with van der Waals surface area (Å²) in [6.07, 6.45) is -0.401. The first-order valence-electron chi connectivity index (χ1n) is 5.70. The maximum absolute atomic E-state index is 11.9. The SMILES string of the molecule is CC(=O)Oc1ccccc1C(=O)OCC(COP)OP. The van der Waals surface area contributed by atoms with E-state index in [9.17, 15) is 9.59 Å². The quantitative estimate of drug-likeness (QED) is 0.433. The van der Waals surface area contributed by atoms with E-state index in [0.29, 0.717) is 0 Å². The number of ether oxygens (including phenoxy) is 2. The average Bonchev–Trinajstić information content (AvgIpc) is 2.43. The Hall–Kier alpha value is -1.06. The molecule has 0 heterocycles. The molecule has 0 aliphatic rings. The number of rotatable bonds is 7. The van der Waals surface area contributed by atoms with Crippen LogP contribution in [0.4, 0.5) is 0 Å². The zero-order valence-electron chi connectivity index (χ0n) is 10.9. The van der Waals surface area contributed by atoms with Gasteiger partial charge in [-0.05, 0) is 12.1 Å². The Balaban J connectivity index is 2.69. The summed E-state index contributed by atoms with van der Waals surface area (Å²) < 4.78 is 19.9. The third-order valence-corrected chi connectivity index (χ3v) is 2.81. The largest absolute Gasteiger partial charge is 0.459 e. The zero-order chi connectivity index (χ0) is 15.0. The Morgan fingerprint density at radius 1 is 1.20 bits per heavy atom. The number of carbonyl (C=O) groups is 2. The van der Waals surface area contributed by atoms with Gasteiger partial charge in [-0.15, -0.1) is 0 Å². The molecule has 6 nitrogen and oxygen atoms in total. The number of esters is 2. The van der Waals surface area contributed by atoms with Crippen molar-refractivity contribution in [2.45, 2.75) is 13.0 Å². The van der Waals surface area contributed by atoms with Gasteiger partial charge in [-0.1, -0.05) is 12.1 Å². The van der Waals surface area contributed by atoms with Gasteiger partial charge < -0.3 is 18.5 Å². The molecule has 0 saturated heterocycles. The molecule has 0 aromatic heterocycles. The Morgan fingerprint density at radius 2 is 1.90 bits per heavy atom. The molecule has 3 unspecified atom stereocenters. The van der Waals surface area contributed by atoms with E-state index in [1.165, 1.54) is 19.1 Å². The van der Waals surface area contributed by atoms with E-state index in [1.54, 1.807) is 12.1 Å². The van der Waals surface area contributed by atoms with E-state index < -0.39 is 18.0 Å². The minimum atomic E-state index is -0.599. The number of benzene rings is 1. The molecular weight excluding hydrogens is 302 g/mol. The number of para-hydroxylation sites is 1. The highest BCUT2D eigenvalue weighted by Crippen LogP contribution is 2.19. The van der Waals surface area contributed by atoms with Gasteiger partial charge in [-0.3, -0.25) is 4.79 Å². The summed E-state index contributed by atoms with van der Waals surface area (Å²) in [5.74, 6) is -0.943. The van der Waals surface area contributed by atoms with Crippen molar-refractivity contribution < 1.29 is 28.1 Å². The monoisotopic (exact) mass is 318 g/mol.